The van der Waals surface area contributed by atoms with Crippen molar-refractivity contribution in [2.45, 2.75) is 37.3 Å². The highest BCUT2D eigenvalue weighted by molar-refractivity contribution is 6.14. The van der Waals surface area contributed by atoms with Gasteiger partial charge >= 0.3 is 5.97 Å². The first kappa shape index (κ1) is 22.4. The maximum Gasteiger partial charge on any atom is 0.339 e. The molecule has 0 aliphatic carbocycles. The van der Waals surface area contributed by atoms with E-state index in [1.165, 1.54) is 18.2 Å². The molecule has 5 unspecified atom stereocenters. The lowest BCUT2D eigenvalue weighted by Crippen LogP contribution is -2.60. The van der Waals surface area contributed by atoms with Crippen molar-refractivity contribution in [2.24, 2.45) is 0 Å². The number of rotatable bonds is 4. The molecule has 0 spiro atoms. The number of hydrogen-bond donors (Lipinski definition) is 6. The average Bonchev–Trinajstić information content (AvgIpc) is 2.83. The van der Waals surface area contributed by atoms with Gasteiger partial charge in [-0.25, -0.2) is 4.79 Å². The fourth-order valence-corrected chi connectivity index (χ4v) is 4.39. The van der Waals surface area contributed by atoms with Crippen LogP contribution in [-0.2, 0) is 16.1 Å². The second kappa shape index (κ2) is 8.42. The van der Waals surface area contributed by atoms with Crippen LogP contribution in [0, 0.1) is 0 Å². The van der Waals surface area contributed by atoms with E-state index in [1.807, 2.05) is 0 Å². The summed E-state index contributed by atoms with van der Waals surface area (Å²) in [5.74, 6) is -0.979. The van der Waals surface area contributed by atoms with Crippen molar-refractivity contribution >= 4 is 16.7 Å². The molecule has 1 saturated heterocycles. The molecular formula is C24H22O10. The van der Waals surface area contributed by atoms with Crippen molar-refractivity contribution in [1.29, 1.82) is 0 Å². The van der Waals surface area contributed by atoms with Crippen LogP contribution in [0.5, 0.6) is 17.2 Å². The van der Waals surface area contributed by atoms with E-state index in [0.717, 1.165) is 0 Å². The summed E-state index contributed by atoms with van der Waals surface area (Å²) in [6, 6.07) is 10.9. The van der Waals surface area contributed by atoms with Crippen molar-refractivity contribution in [3.8, 4) is 28.4 Å². The number of esters is 1. The summed E-state index contributed by atoms with van der Waals surface area (Å²) in [6.07, 6.45) is -7.72. The Hall–Kier alpha value is -3.41. The third kappa shape index (κ3) is 3.52. The quantitative estimate of drug-likeness (QED) is 0.300. The molecule has 1 fully saturated rings. The van der Waals surface area contributed by atoms with Gasteiger partial charge in [0.15, 0.2) is 11.5 Å². The van der Waals surface area contributed by atoms with Gasteiger partial charge in [-0.1, -0.05) is 18.2 Å². The Kier molecular flexibility index (Phi) is 5.54. The van der Waals surface area contributed by atoms with Crippen LogP contribution in [0.3, 0.4) is 0 Å². The lowest BCUT2D eigenvalue weighted by molar-refractivity contribution is -0.277. The van der Waals surface area contributed by atoms with E-state index in [-0.39, 0.29) is 29.4 Å². The van der Waals surface area contributed by atoms with Crippen molar-refractivity contribution in [1.82, 2.24) is 0 Å². The standard InChI is InChI=1S/C24H22O10/c25-8-16-19(28)20(29)21(30)24(33-16)34-22-15(27)7-11-9-32-23(31)14-6-5-13(18(22)17(11)14)10-1-3-12(26)4-2-10/h1-7,16,19-21,24-30H,8-9H2. The summed E-state index contributed by atoms with van der Waals surface area (Å²) in [5, 5.41) is 61.5. The predicted octanol–water partition coefficient (Wildman–Crippen LogP) is 0.767. The van der Waals surface area contributed by atoms with Gasteiger partial charge in [-0.2, -0.15) is 0 Å². The molecule has 0 aromatic heterocycles. The van der Waals surface area contributed by atoms with E-state index in [4.69, 9.17) is 14.2 Å². The zero-order chi connectivity index (χ0) is 24.1. The van der Waals surface area contributed by atoms with E-state index in [1.54, 1.807) is 24.3 Å². The van der Waals surface area contributed by atoms with Crippen LogP contribution in [0.4, 0.5) is 0 Å². The highest BCUT2D eigenvalue weighted by Crippen LogP contribution is 2.46. The number of aromatic hydroxyl groups is 2. The molecular weight excluding hydrogens is 448 g/mol. The summed E-state index contributed by atoms with van der Waals surface area (Å²) in [7, 11) is 0. The number of benzene rings is 3. The zero-order valence-corrected chi connectivity index (χ0v) is 17.7. The van der Waals surface area contributed by atoms with Gasteiger partial charge in [0.25, 0.3) is 0 Å². The highest BCUT2D eigenvalue weighted by Gasteiger charge is 2.45. The number of phenols is 2. The van der Waals surface area contributed by atoms with E-state index >= 15 is 0 Å². The van der Waals surface area contributed by atoms with Crippen LogP contribution < -0.4 is 4.74 Å². The van der Waals surface area contributed by atoms with Crippen LogP contribution >= 0.6 is 0 Å². The molecule has 10 nitrogen and oxygen atoms in total. The molecule has 3 aromatic rings. The molecule has 10 heteroatoms. The lowest BCUT2D eigenvalue weighted by atomic mass is 9.90. The lowest BCUT2D eigenvalue weighted by Gasteiger charge is -2.39. The molecule has 3 aromatic carbocycles. The topological polar surface area (TPSA) is 166 Å². The molecule has 0 saturated carbocycles. The van der Waals surface area contributed by atoms with Crippen LogP contribution in [0.15, 0.2) is 42.5 Å². The number of aliphatic hydroxyl groups is 4. The summed E-state index contributed by atoms with van der Waals surface area (Å²) in [4.78, 5) is 12.5. The van der Waals surface area contributed by atoms with Gasteiger partial charge in [0, 0.05) is 16.3 Å². The Bertz CT molecular complexity index is 1250. The Labute approximate surface area is 192 Å². The molecule has 0 bridgehead atoms. The van der Waals surface area contributed by atoms with Crippen LogP contribution in [-0.4, -0.2) is 73.9 Å². The summed E-state index contributed by atoms with van der Waals surface area (Å²) >= 11 is 0. The summed E-state index contributed by atoms with van der Waals surface area (Å²) in [6.45, 7) is -0.722. The number of ether oxygens (including phenoxy) is 3. The van der Waals surface area contributed by atoms with E-state index in [0.29, 0.717) is 27.5 Å². The smallest absolute Gasteiger partial charge is 0.339 e. The Balaban J connectivity index is 1.71. The van der Waals surface area contributed by atoms with Crippen molar-refractivity contribution < 1.29 is 49.6 Å². The maximum absolute atomic E-state index is 12.5. The fourth-order valence-electron chi connectivity index (χ4n) is 4.39. The molecule has 34 heavy (non-hydrogen) atoms. The van der Waals surface area contributed by atoms with Crippen LogP contribution in [0.2, 0.25) is 0 Å². The number of hydrogen-bond acceptors (Lipinski definition) is 10. The number of carbonyl (C=O) groups excluding carboxylic acids is 1. The van der Waals surface area contributed by atoms with Gasteiger partial charge < -0.3 is 44.8 Å². The molecule has 2 heterocycles. The van der Waals surface area contributed by atoms with Gasteiger partial charge in [-0.05, 0) is 35.4 Å². The Morgan fingerprint density at radius 1 is 0.912 bits per heavy atom. The largest absolute Gasteiger partial charge is 0.508 e. The third-order valence-corrected chi connectivity index (χ3v) is 6.14. The monoisotopic (exact) mass is 470 g/mol. The van der Waals surface area contributed by atoms with E-state index in [2.05, 4.69) is 0 Å². The first-order valence-corrected chi connectivity index (χ1v) is 10.6. The summed E-state index contributed by atoms with van der Waals surface area (Å²) in [5.41, 5.74) is 1.96. The summed E-state index contributed by atoms with van der Waals surface area (Å²) < 4.78 is 16.5. The minimum Gasteiger partial charge on any atom is -0.508 e. The van der Waals surface area contributed by atoms with Gasteiger partial charge in [0.05, 0.1) is 12.2 Å². The Morgan fingerprint density at radius 3 is 2.32 bits per heavy atom. The van der Waals surface area contributed by atoms with Crippen molar-refractivity contribution in [3.63, 3.8) is 0 Å². The number of carbonyl (C=O) groups is 1. The second-order valence-corrected chi connectivity index (χ2v) is 8.23. The molecule has 0 radical (unpaired) electrons. The highest BCUT2D eigenvalue weighted by atomic mass is 16.7. The Morgan fingerprint density at radius 2 is 1.62 bits per heavy atom. The first-order valence-electron chi connectivity index (χ1n) is 10.6. The average molecular weight is 470 g/mol. The van der Waals surface area contributed by atoms with Crippen LogP contribution in [0.1, 0.15) is 15.9 Å². The normalized spacial score (nSPS) is 26.4. The molecule has 6 N–H and O–H groups in total. The predicted molar refractivity (Wildman–Crippen MR) is 116 cm³/mol. The van der Waals surface area contributed by atoms with Crippen molar-refractivity contribution in [2.75, 3.05) is 6.61 Å². The molecule has 2 aliphatic heterocycles. The van der Waals surface area contributed by atoms with Gasteiger partial charge in [-0.15, -0.1) is 0 Å². The molecule has 5 rings (SSSR count). The van der Waals surface area contributed by atoms with Gasteiger partial charge in [-0.3, -0.25) is 0 Å². The number of aliphatic hydroxyl groups excluding tert-OH is 4. The van der Waals surface area contributed by atoms with E-state index in [9.17, 15) is 35.4 Å². The number of cyclic esters (lactones) is 1. The SMILES string of the molecule is O=C1OCc2cc(O)c(OC3OC(CO)C(O)C(O)C3O)c3c(-c4ccc(O)cc4)ccc1c23. The van der Waals surface area contributed by atoms with Crippen molar-refractivity contribution in [3.05, 3.63) is 53.6 Å². The zero-order valence-electron chi connectivity index (χ0n) is 17.7. The molecule has 5 atom stereocenters. The van der Waals surface area contributed by atoms with Gasteiger partial charge in [0.2, 0.25) is 6.29 Å². The third-order valence-electron chi connectivity index (χ3n) is 6.14. The van der Waals surface area contributed by atoms with Gasteiger partial charge in [0.1, 0.15) is 36.8 Å². The fraction of sp³-hybridized carbons (Fsp3) is 0.292. The first-order chi connectivity index (χ1) is 16.3. The number of phenolic OH excluding ortho intramolecular Hbond substituents is 2. The van der Waals surface area contributed by atoms with Crippen LogP contribution in [0.25, 0.3) is 21.9 Å². The maximum atomic E-state index is 12.5. The molecule has 178 valence electrons. The second-order valence-electron chi connectivity index (χ2n) is 8.23. The minimum absolute atomic E-state index is 0.0516. The minimum atomic E-state index is -1.70. The van der Waals surface area contributed by atoms with E-state index < -0.39 is 43.3 Å². The molecule has 0 amide bonds. The molecule has 2 aliphatic rings.